The van der Waals surface area contributed by atoms with Crippen LogP contribution in [0.3, 0.4) is 0 Å². The molecule has 0 N–H and O–H groups in total. The minimum absolute atomic E-state index is 0.370. The molecule has 1 heterocycles. The Hall–Kier alpha value is -2.34. The Balaban J connectivity index is 1.69. The zero-order chi connectivity index (χ0) is 16.2. The number of carbonyl (C=O) groups excluding carboxylic acids is 1. The lowest BCUT2D eigenvalue weighted by Gasteiger charge is -2.19. The van der Waals surface area contributed by atoms with E-state index < -0.39 is 0 Å². The molecule has 1 aliphatic heterocycles. The molecule has 0 aromatic heterocycles. The van der Waals surface area contributed by atoms with Gasteiger partial charge in [-0.3, -0.25) is 0 Å². The molecule has 1 amide bonds. The van der Waals surface area contributed by atoms with Gasteiger partial charge in [0.05, 0.1) is 6.54 Å². The van der Waals surface area contributed by atoms with Gasteiger partial charge < -0.3 is 9.64 Å². The van der Waals surface area contributed by atoms with Crippen molar-refractivity contribution < 1.29 is 14.3 Å². The molecule has 118 valence electrons. The van der Waals surface area contributed by atoms with Gasteiger partial charge in [-0.05, 0) is 23.8 Å². The first-order valence-corrected chi connectivity index (χ1v) is 8.30. The van der Waals surface area contributed by atoms with Crippen LogP contribution in [-0.2, 0) is 6.54 Å². The van der Waals surface area contributed by atoms with Gasteiger partial charge in [-0.15, -0.1) is 11.8 Å². The number of hydrogen-bond donors (Lipinski definition) is 0. The zero-order valence-electron chi connectivity index (χ0n) is 12.8. The van der Waals surface area contributed by atoms with Crippen LogP contribution >= 0.6 is 11.8 Å². The van der Waals surface area contributed by atoms with Gasteiger partial charge in [0.1, 0.15) is 5.75 Å². The van der Waals surface area contributed by atoms with Crippen molar-refractivity contribution in [1.82, 2.24) is 4.90 Å². The van der Waals surface area contributed by atoms with E-state index in [1.807, 2.05) is 18.2 Å². The molecule has 0 saturated carbocycles. The van der Waals surface area contributed by atoms with Crippen molar-refractivity contribution in [1.29, 1.82) is 0 Å². The van der Waals surface area contributed by atoms with Crippen molar-refractivity contribution in [2.45, 2.75) is 11.4 Å². The van der Waals surface area contributed by atoms with Crippen molar-refractivity contribution in [3.63, 3.8) is 0 Å². The second kappa shape index (κ2) is 6.83. The molecule has 0 aliphatic carbocycles. The first-order valence-electron chi connectivity index (χ1n) is 7.32. The molecule has 0 saturated heterocycles. The van der Waals surface area contributed by atoms with Crippen LogP contribution in [0.1, 0.15) is 5.56 Å². The minimum atomic E-state index is -0.370. The third-order valence-electron chi connectivity index (χ3n) is 3.62. The molecule has 0 fully saturated rings. The van der Waals surface area contributed by atoms with E-state index in [0.717, 1.165) is 16.1 Å². The highest BCUT2D eigenvalue weighted by Gasteiger charge is 2.21. The summed E-state index contributed by atoms with van der Waals surface area (Å²) >= 11 is 1.75. The fourth-order valence-corrected chi connectivity index (χ4v) is 3.40. The quantitative estimate of drug-likeness (QED) is 0.786. The van der Waals surface area contributed by atoms with Crippen LogP contribution in [0.2, 0.25) is 0 Å². The fourth-order valence-electron chi connectivity index (χ4n) is 2.37. The smallest absolute Gasteiger partial charge is 0.410 e. The molecular formula is C17H17N2O3S+. The molecule has 0 unspecified atom stereocenters. The highest BCUT2D eigenvalue weighted by atomic mass is 32.2. The van der Waals surface area contributed by atoms with Crippen LogP contribution < -0.4 is 4.74 Å². The van der Waals surface area contributed by atoms with Crippen molar-refractivity contribution >= 4 is 23.5 Å². The number of benzene rings is 2. The lowest BCUT2D eigenvalue weighted by Crippen LogP contribution is -2.34. The van der Waals surface area contributed by atoms with Crippen molar-refractivity contribution in [2.24, 2.45) is 0 Å². The maximum absolute atomic E-state index is 12.4. The molecule has 3 rings (SSSR count). The van der Waals surface area contributed by atoms with Crippen LogP contribution in [0.15, 0.2) is 53.4 Å². The van der Waals surface area contributed by atoms with Gasteiger partial charge in [0.2, 0.25) is 0 Å². The van der Waals surface area contributed by atoms with E-state index in [0.29, 0.717) is 24.5 Å². The van der Waals surface area contributed by atoms with Crippen LogP contribution in [0.4, 0.5) is 10.5 Å². The standard InChI is InChI=1S/C17H17N2O3S/c1-18(21)14-6-8-15(9-7-14)22-17(20)19-10-11-23-16-5-3-2-4-13(16)12-19/h2-9H,10-12H2,1H3/q+1. The summed E-state index contributed by atoms with van der Waals surface area (Å²) in [5.41, 5.74) is 1.65. The monoisotopic (exact) mass is 329 g/mol. The summed E-state index contributed by atoms with van der Waals surface area (Å²) in [4.78, 5) is 26.5. The van der Waals surface area contributed by atoms with E-state index >= 15 is 0 Å². The van der Waals surface area contributed by atoms with Gasteiger partial charge >= 0.3 is 6.09 Å². The summed E-state index contributed by atoms with van der Waals surface area (Å²) in [6, 6.07) is 14.6. The second-order valence-electron chi connectivity index (χ2n) is 5.24. The summed E-state index contributed by atoms with van der Waals surface area (Å²) in [6.07, 6.45) is -0.370. The third kappa shape index (κ3) is 3.71. The van der Waals surface area contributed by atoms with Crippen molar-refractivity contribution in [3.05, 3.63) is 59.0 Å². The number of hydrogen-bond acceptors (Lipinski definition) is 4. The topological polar surface area (TPSA) is 49.6 Å². The highest BCUT2D eigenvalue weighted by Crippen LogP contribution is 2.27. The molecule has 0 radical (unpaired) electrons. The molecule has 5 nitrogen and oxygen atoms in total. The normalized spacial score (nSPS) is 13.9. The number of nitroso groups, excluding NO2 is 1. The Morgan fingerprint density at radius 1 is 1.17 bits per heavy atom. The fraction of sp³-hybridized carbons (Fsp3) is 0.235. The summed E-state index contributed by atoms with van der Waals surface area (Å²) in [5.74, 6) is 1.28. The summed E-state index contributed by atoms with van der Waals surface area (Å²) in [7, 11) is 1.42. The minimum Gasteiger partial charge on any atom is -0.410 e. The summed E-state index contributed by atoms with van der Waals surface area (Å²) in [6.45, 7) is 1.18. The van der Waals surface area contributed by atoms with Gasteiger partial charge in [0.25, 0.3) is 5.69 Å². The van der Waals surface area contributed by atoms with Crippen molar-refractivity contribution in [3.8, 4) is 5.75 Å². The largest absolute Gasteiger partial charge is 0.415 e. The summed E-state index contributed by atoms with van der Waals surface area (Å²) in [5, 5.41) is 0. The number of ether oxygens (including phenoxy) is 1. The Morgan fingerprint density at radius 3 is 2.65 bits per heavy atom. The van der Waals surface area contributed by atoms with Gasteiger partial charge in [-0.25, -0.2) is 4.79 Å². The average molecular weight is 329 g/mol. The maximum atomic E-state index is 12.4. The predicted octanol–water partition coefficient (Wildman–Crippen LogP) is 3.83. The van der Waals surface area contributed by atoms with Crippen LogP contribution in [0, 0.1) is 4.91 Å². The zero-order valence-corrected chi connectivity index (χ0v) is 13.6. The number of carbonyl (C=O) groups is 1. The van der Waals surface area contributed by atoms with Crippen LogP contribution in [0.5, 0.6) is 5.75 Å². The predicted molar refractivity (Wildman–Crippen MR) is 89.3 cm³/mol. The third-order valence-corrected chi connectivity index (χ3v) is 4.71. The molecule has 0 atom stereocenters. The first kappa shape index (κ1) is 15.6. The highest BCUT2D eigenvalue weighted by molar-refractivity contribution is 7.99. The molecule has 23 heavy (non-hydrogen) atoms. The maximum Gasteiger partial charge on any atom is 0.415 e. The molecule has 2 aromatic carbocycles. The Kier molecular flexibility index (Phi) is 4.62. The Bertz CT molecular complexity index is 731. The molecule has 1 aliphatic rings. The number of fused-ring (bicyclic) bond motifs is 1. The molecule has 0 spiro atoms. The molecule has 6 heteroatoms. The number of rotatable bonds is 2. The summed E-state index contributed by atoms with van der Waals surface area (Å²) < 4.78 is 6.17. The van der Waals surface area contributed by atoms with Crippen molar-refractivity contribution in [2.75, 3.05) is 19.3 Å². The van der Waals surface area contributed by atoms with Gasteiger partial charge in [-0.1, -0.05) is 18.2 Å². The SMILES string of the molecule is C[N+](=O)c1ccc(OC(=O)N2CCSc3ccccc3C2)cc1. The van der Waals surface area contributed by atoms with E-state index in [2.05, 4.69) is 6.07 Å². The van der Waals surface area contributed by atoms with Gasteiger partial charge in [0, 0.05) is 39.0 Å². The number of thioether (sulfide) groups is 1. The molecular weight excluding hydrogens is 312 g/mol. The van der Waals surface area contributed by atoms with Crippen LogP contribution in [0.25, 0.3) is 0 Å². The van der Waals surface area contributed by atoms with E-state index in [9.17, 15) is 9.70 Å². The number of amides is 1. The van der Waals surface area contributed by atoms with E-state index in [-0.39, 0.29) is 6.09 Å². The Morgan fingerprint density at radius 2 is 1.91 bits per heavy atom. The van der Waals surface area contributed by atoms with Gasteiger partial charge in [-0.2, -0.15) is 0 Å². The van der Waals surface area contributed by atoms with Crippen LogP contribution in [-0.4, -0.2) is 35.1 Å². The molecule has 2 aromatic rings. The molecule has 0 bridgehead atoms. The lowest BCUT2D eigenvalue weighted by atomic mass is 10.2. The lowest BCUT2D eigenvalue weighted by molar-refractivity contribution is -0.428. The second-order valence-corrected chi connectivity index (χ2v) is 6.37. The van der Waals surface area contributed by atoms with Gasteiger partial charge in [0.15, 0.2) is 7.05 Å². The van der Waals surface area contributed by atoms with E-state index in [1.54, 1.807) is 40.9 Å². The van der Waals surface area contributed by atoms with E-state index in [1.165, 1.54) is 11.9 Å². The Labute approximate surface area is 138 Å². The average Bonchev–Trinajstić information content (AvgIpc) is 2.77. The first-order chi connectivity index (χ1) is 11.1. The van der Waals surface area contributed by atoms with E-state index in [4.69, 9.17) is 4.74 Å². The number of nitrogens with zero attached hydrogens (tertiary/aromatic N) is 2.